The van der Waals surface area contributed by atoms with Crippen molar-refractivity contribution in [2.75, 3.05) is 0 Å². The number of benzene rings is 1. The van der Waals surface area contributed by atoms with E-state index in [1.54, 1.807) is 28.8 Å². The largest absolute Gasteiger partial charge is 0.290 e. The molecule has 0 saturated heterocycles. The third-order valence-electron chi connectivity index (χ3n) is 3.28. The van der Waals surface area contributed by atoms with E-state index in [1.807, 2.05) is 12.1 Å². The third kappa shape index (κ3) is 3.31. The van der Waals surface area contributed by atoms with Crippen molar-refractivity contribution < 1.29 is 4.39 Å². The second kappa shape index (κ2) is 5.84. The number of fused-ring (bicyclic) bond motifs is 1. The van der Waals surface area contributed by atoms with Crippen molar-refractivity contribution in [1.29, 1.82) is 0 Å². The maximum Gasteiger partial charge on any atom is 0.174 e. The molecule has 3 aromatic rings. The summed E-state index contributed by atoms with van der Waals surface area (Å²) in [5, 5.41) is 0.651. The molecule has 2 nitrogen and oxygen atoms in total. The fourth-order valence-electron chi connectivity index (χ4n) is 2.21. The van der Waals surface area contributed by atoms with Gasteiger partial charge in [0.05, 0.1) is 0 Å². The molecule has 0 saturated carbocycles. The Labute approximate surface area is 141 Å². The Morgan fingerprint density at radius 2 is 1.83 bits per heavy atom. The molecule has 0 N–H and O–H groups in total. The van der Waals surface area contributed by atoms with E-state index in [0.717, 1.165) is 5.56 Å². The molecule has 2 aromatic heterocycles. The van der Waals surface area contributed by atoms with Gasteiger partial charge >= 0.3 is 0 Å². The molecule has 23 heavy (non-hydrogen) atoms. The van der Waals surface area contributed by atoms with Crippen LogP contribution in [0.25, 0.3) is 16.9 Å². The second-order valence-electron chi connectivity index (χ2n) is 6.37. The van der Waals surface area contributed by atoms with Gasteiger partial charge in [0.25, 0.3) is 0 Å². The van der Waals surface area contributed by atoms with E-state index in [0.29, 0.717) is 16.4 Å². The number of hydrogen-bond acceptors (Lipinski definition) is 1. The zero-order valence-corrected chi connectivity index (χ0v) is 14.9. The predicted octanol–water partition coefficient (Wildman–Crippen LogP) is 5.02. The van der Waals surface area contributed by atoms with Crippen LogP contribution in [0.3, 0.4) is 0 Å². The summed E-state index contributed by atoms with van der Waals surface area (Å²) in [6.45, 7) is 6.52. The Hall–Kier alpha value is -2.09. The lowest BCUT2D eigenvalue weighted by Crippen LogP contribution is -2.16. The Morgan fingerprint density at radius 3 is 2.48 bits per heavy atom. The summed E-state index contributed by atoms with van der Waals surface area (Å²) < 4.78 is 15.8. The highest BCUT2D eigenvalue weighted by Crippen LogP contribution is 2.26. The number of rotatable bonds is 1. The molecule has 0 aliphatic carbocycles. The highest BCUT2D eigenvalue weighted by molar-refractivity contribution is 6.83. The van der Waals surface area contributed by atoms with Crippen LogP contribution in [0.2, 0.25) is 24.7 Å². The molecular formula is C18H16ClFN2Si. The second-order valence-corrected chi connectivity index (χ2v) is 11.6. The smallest absolute Gasteiger partial charge is 0.174 e. The summed E-state index contributed by atoms with van der Waals surface area (Å²) in [7, 11) is -1.56. The zero-order valence-electron chi connectivity index (χ0n) is 13.2. The number of nitrogens with zero attached hydrogens (tertiary/aromatic N) is 2. The monoisotopic (exact) mass is 342 g/mol. The van der Waals surface area contributed by atoms with Gasteiger partial charge in [-0.05, 0) is 24.3 Å². The van der Waals surface area contributed by atoms with Gasteiger partial charge in [-0.3, -0.25) is 4.40 Å². The molecule has 0 bridgehead atoms. The van der Waals surface area contributed by atoms with Crippen LogP contribution >= 0.6 is 11.6 Å². The van der Waals surface area contributed by atoms with E-state index >= 15 is 0 Å². The molecule has 0 unspecified atom stereocenters. The van der Waals surface area contributed by atoms with Gasteiger partial charge < -0.3 is 0 Å². The normalized spacial score (nSPS) is 11.3. The van der Waals surface area contributed by atoms with Crippen molar-refractivity contribution in [3.05, 3.63) is 59.1 Å². The van der Waals surface area contributed by atoms with Gasteiger partial charge in [0, 0.05) is 16.8 Å². The van der Waals surface area contributed by atoms with Crippen molar-refractivity contribution in [2.24, 2.45) is 0 Å². The Kier molecular flexibility index (Phi) is 4.01. The van der Waals surface area contributed by atoms with Crippen LogP contribution in [0.5, 0.6) is 0 Å². The first kappa shape index (κ1) is 15.8. The van der Waals surface area contributed by atoms with Crippen LogP contribution in [0.4, 0.5) is 4.39 Å². The lowest BCUT2D eigenvalue weighted by molar-refractivity contribution is 0.630. The number of imidazole rings is 1. The van der Waals surface area contributed by atoms with E-state index < -0.39 is 8.07 Å². The number of halogens is 2. The molecule has 3 rings (SSSR count). The van der Waals surface area contributed by atoms with Crippen LogP contribution in [-0.4, -0.2) is 17.5 Å². The van der Waals surface area contributed by atoms with Gasteiger partial charge in [-0.1, -0.05) is 49.3 Å². The highest BCUT2D eigenvalue weighted by Gasteiger charge is 2.16. The Balaban J connectivity index is 2.29. The van der Waals surface area contributed by atoms with Crippen molar-refractivity contribution in [2.45, 2.75) is 19.6 Å². The molecule has 0 fully saturated rings. The summed E-state index contributed by atoms with van der Waals surface area (Å²) in [5.41, 5.74) is 5.89. The standard InChI is InChI=1S/C18H16ClFN2Si/c1-23(2,3)12-10-16-17(13-6-8-14(19)9-7-13)21-18-15(20)5-4-11-22(16)18/h4-9,11H,1-3H3. The van der Waals surface area contributed by atoms with Gasteiger partial charge in [0.2, 0.25) is 0 Å². The Morgan fingerprint density at radius 1 is 1.13 bits per heavy atom. The predicted molar refractivity (Wildman–Crippen MR) is 95.8 cm³/mol. The summed E-state index contributed by atoms with van der Waals surface area (Å²) >= 11 is 5.96. The van der Waals surface area contributed by atoms with Crippen LogP contribution in [0.1, 0.15) is 5.69 Å². The molecule has 0 aliphatic rings. The fourth-order valence-corrected chi connectivity index (χ4v) is 2.83. The molecule has 0 spiro atoms. The SMILES string of the molecule is C[Si](C)(C)C#Cc1c(-c2ccc(Cl)cc2)nc2c(F)cccn12. The van der Waals surface area contributed by atoms with Crippen molar-refractivity contribution in [3.63, 3.8) is 0 Å². The molecular weight excluding hydrogens is 327 g/mol. The number of aromatic nitrogens is 2. The minimum Gasteiger partial charge on any atom is -0.290 e. The first-order valence-electron chi connectivity index (χ1n) is 7.31. The number of hydrogen-bond donors (Lipinski definition) is 0. The highest BCUT2D eigenvalue weighted by atomic mass is 35.5. The van der Waals surface area contributed by atoms with E-state index in [9.17, 15) is 4.39 Å². The molecule has 0 radical (unpaired) electrons. The zero-order chi connectivity index (χ0) is 16.6. The van der Waals surface area contributed by atoms with Crippen LogP contribution < -0.4 is 0 Å². The summed E-state index contributed by atoms with van der Waals surface area (Å²) in [5.74, 6) is 2.87. The summed E-state index contributed by atoms with van der Waals surface area (Å²) in [4.78, 5) is 4.47. The molecule has 0 amide bonds. The van der Waals surface area contributed by atoms with Crippen LogP contribution in [0, 0.1) is 17.3 Å². The molecule has 0 atom stereocenters. The van der Waals surface area contributed by atoms with Gasteiger partial charge in [0.15, 0.2) is 11.5 Å². The lowest BCUT2D eigenvalue weighted by atomic mass is 10.1. The maximum atomic E-state index is 14.1. The van der Waals surface area contributed by atoms with E-state index in [4.69, 9.17) is 11.6 Å². The third-order valence-corrected chi connectivity index (χ3v) is 4.40. The molecule has 5 heteroatoms. The molecule has 116 valence electrons. The average Bonchev–Trinajstić information content (AvgIpc) is 2.85. The quantitative estimate of drug-likeness (QED) is 0.448. The minimum absolute atomic E-state index is 0.289. The maximum absolute atomic E-state index is 14.1. The van der Waals surface area contributed by atoms with Crippen LogP contribution in [-0.2, 0) is 0 Å². The molecule has 2 heterocycles. The van der Waals surface area contributed by atoms with Crippen molar-refractivity contribution in [1.82, 2.24) is 9.38 Å². The van der Waals surface area contributed by atoms with E-state index in [-0.39, 0.29) is 11.5 Å². The van der Waals surface area contributed by atoms with Gasteiger partial charge in [-0.15, -0.1) is 5.54 Å². The van der Waals surface area contributed by atoms with Crippen molar-refractivity contribution >= 4 is 25.3 Å². The first-order valence-corrected chi connectivity index (χ1v) is 11.2. The Bertz CT molecular complexity index is 928. The van der Waals surface area contributed by atoms with Gasteiger partial charge in [-0.25, -0.2) is 9.37 Å². The van der Waals surface area contributed by atoms with Crippen molar-refractivity contribution in [3.8, 4) is 22.7 Å². The molecule has 0 aliphatic heterocycles. The van der Waals surface area contributed by atoms with Gasteiger partial charge in [0.1, 0.15) is 19.5 Å². The molecule has 1 aromatic carbocycles. The average molecular weight is 343 g/mol. The van der Waals surface area contributed by atoms with Gasteiger partial charge in [-0.2, -0.15) is 0 Å². The lowest BCUT2D eigenvalue weighted by Gasteiger charge is -2.04. The van der Waals surface area contributed by atoms with E-state index in [2.05, 4.69) is 36.1 Å². The summed E-state index contributed by atoms with van der Waals surface area (Å²) in [6.07, 6.45) is 1.79. The van der Waals surface area contributed by atoms with Crippen LogP contribution in [0.15, 0.2) is 42.6 Å². The fraction of sp³-hybridized carbons (Fsp3) is 0.167. The first-order chi connectivity index (χ1) is 10.8. The number of pyridine rings is 1. The summed E-state index contributed by atoms with van der Waals surface area (Å²) in [6, 6.07) is 10.4. The van der Waals surface area contributed by atoms with E-state index in [1.165, 1.54) is 6.07 Å². The minimum atomic E-state index is -1.56. The topological polar surface area (TPSA) is 17.3 Å².